The molecule has 0 unspecified atom stereocenters. The zero-order chi connectivity index (χ0) is 14.1. The van der Waals surface area contributed by atoms with Gasteiger partial charge in [0.05, 0.1) is 6.54 Å². The molecular weight excluding hydrogens is 262 g/mol. The molecule has 0 aliphatic carbocycles. The van der Waals surface area contributed by atoms with Gasteiger partial charge in [-0.15, -0.1) is 0 Å². The van der Waals surface area contributed by atoms with E-state index in [4.69, 9.17) is 5.73 Å². The van der Waals surface area contributed by atoms with Gasteiger partial charge in [-0.2, -0.15) is 0 Å². The van der Waals surface area contributed by atoms with Gasteiger partial charge < -0.3 is 15.2 Å². The Bertz CT molecular complexity index is 600. The average Bonchev–Trinajstić information content (AvgIpc) is 2.85. The van der Waals surface area contributed by atoms with Crippen molar-refractivity contribution in [3.05, 3.63) is 47.5 Å². The van der Waals surface area contributed by atoms with Gasteiger partial charge in [-0.25, -0.2) is 13.8 Å². The van der Waals surface area contributed by atoms with Crippen LogP contribution in [0.5, 0.6) is 0 Å². The summed E-state index contributed by atoms with van der Waals surface area (Å²) < 4.78 is 30.3. The molecule has 0 saturated heterocycles. The molecule has 0 atom stereocenters. The van der Waals surface area contributed by atoms with Crippen LogP contribution in [0, 0.1) is 11.6 Å². The second-order valence-electron chi connectivity index (χ2n) is 4.91. The first-order chi connectivity index (χ1) is 9.69. The maximum Gasteiger partial charge on any atom is 0.149 e. The van der Waals surface area contributed by atoms with Gasteiger partial charge in [-0.1, -0.05) is 0 Å². The van der Waals surface area contributed by atoms with Gasteiger partial charge in [0.1, 0.15) is 23.1 Å². The lowest BCUT2D eigenvalue weighted by Gasteiger charge is -2.30. The molecule has 0 fully saturated rings. The second-order valence-corrected chi connectivity index (χ2v) is 4.91. The van der Waals surface area contributed by atoms with Crippen LogP contribution in [0.2, 0.25) is 0 Å². The van der Waals surface area contributed by atoms with Crippen molar-refractivity contribution >= 4 is 5.69 Å². The fourth-order valence-corrected chi connectivity index (χ4v) is 2.60. The van der Waals surface area contributed by atoms with Crippen LogP contribution < -0.4 is 10.6 Å². The Morgan fingerprint density at radius 1 is 1.20 bits per heavy atom. The third-order valence-electron chi connectivity index (χ3n) is 3.57. The molecule has 2 heterocycles. The monoisotopic (exact) mass is 278 g/mol. The lowest BCUT2D eigenvalue weighted by molar-refractivity contribution is 0.521. The number of hydrogen-bond acceptors (Lipinski definition) is 3. The molecule has 20 heavy (non-hydrogen) atoms. The summed E-state index contributed by atoms with van der Waals surface area (Å²) in [5, 5.41) is 0. The highest BCUT2D eigenvalue weighted by molar-refractivity contribution is 5.51. The average molecular weight is 278 g/mol. The molecule has 0 amide bonds. The maximum atomic E-state index is 14.2. The molecule has 0 bridgehead atoms. The molecule has 2 aromatic rings. The molecule has 2 N–H and O–H groups in total. The number of nitrogens with zero attached hydrogens (tertiary/aromatic N) is 3. The molecule has 6 heteroatoms. The molecule has 1 aromatic carbocycles. The molecule has 3 rings (SSSR count). The van der Waals surface area contributed by atoms with E-state index in [1.165, 1.54) is 12.1 Å². The molecule has 1 aromatic heterocycles. The van der Waals surface area contributed by atoms with Crippen LogP contribution in [0.25, 0.3) is 0 Å². The molecule has 1 aliphatic heterocycles. The number of benzene rings is 1. The number of nitrogens with two attached hydrogens (primary N) is 1. The molecule has 1 aliphatic rings. The van der Waals surface area contributed by atoms with E-state index in [2.05, 4.69) is 4.98 Å². The minimum Gasteiger partial charge on any atom is -0.358 e. The van der Waals surface area contributed by atoms with Gasteiger partial charge in [0.2, 0.25) is 0 Å². The number of fused-ring (bicyclic) bond motifs is 1. The summed E-state index contributed by atoms with van der Waals surface area (Å²) in [6, 6.07) is 2.73. The SMILES string of the molecule is NCCc1cc(F)c(N2CCn3ccnc3C2)c(F)c1. The van der Waals surface area contributed by atoms with Crippen molar-refractivity contribution in [2.75, 3.05) is 18.0 Å². The zero-order valence-corrected chi connectivity index (χ0v) is 11.0. The summed E-state index contributed by atoms with van der Waals surface area (Å²) in [4.78, 5) is 5.89. The van der Waals surface area contributed by atoms with E-state index in [0.29, 0.717) is 38.2 Å². The van der Waals surface area contributed by atoms with E-state index in [1.54, 1.807) is 11.1 Å². The number of hydrogen-bond donors (Lipinski definition) is 1. The van der Waals surface area contributed by atoms with Gasteiger partial charge in [0, 0.05) is 25.5 Å². The Kier molecular flexibility index (Phi) is 3.40. The first-order valence-corrected chi connectivity index (χ1v) is 6.62. The van der Waals surface area contributed by atoms with Crippen molar-refractivity contribution in [2.45, 2.75) is 19.5 Å². The number of aromatic nitrogens is 2. The fraction of sp³-hybridized carbons (Fsp3) is 0.357. The standard InChI is InChI=1S/C14H16F2N4/c15-11-7-10(1-2-17)8-12(16)14(11)20-6-5-19-4-3-18-13(19)9-20/h3-4,7-8H,1-2,5-6,9,17H2. The highest BCUT2D eigenvalue weighted by Gasteiger charge is 2.23. The number of halogens is 2. The van der Waals surface area contributed by atoms with Crippen molar-refractivity contribution in [3.8, 4) is 0 Å². The maximum absolute atomic E-state index is 14.2. The highest BCUT2D eigenvalue weighted by Crippen LogP contribution is 2.28. The number of imidazole rings is 1. The van der Waals surface area contributed by atoms with E-state index >= 15 is 0 Å². The Balaban J connectivity index is 1.91. The Labute approximate surface area is 115 Å². The molecule has 0 saturated carbocycles. The fourth-order valence-electron chi connectivity index (χ4n) is 2.60. The van der Waals surface area contributed by atoms with Crippen LogP contribution >= 0.6 is 0 Å². The normalized spacial score (nSPS) is 14.4. The molecule has 0 radical (unpaired) electrons. The van der Waals surface area contributed by atoms with Gasteiger partial charge in [-0.3, -0.25) is 0 Å². The Morgan fingerprint density at radius 3 is 2.65 bits per heavy atom. The molecule has 0 spiro atoms. The van der Waals surface area contributed by atoms with Crippen LogP contribution in [-0.4, -0.2) is 22.6 Å². The third-order valence-corrected chi connectivity index (χ3v) is 3.57. The lowest BCUT2D eigenvalue weighted by Crippen LogP contribution is -2.34. The quantitative estimate of drug-likeness (QED) is 0.929. The summed E-state index contributed by atoms with van der Waals surface area (Å²) in [6.07, 6.45) is 4.05. The van der Waals surface area contributed by atoms with E-state index in [1.807, 2.05) is 10.8 Å². The van der Waals surface area contributed by atoms with Crippen molar-refractivity contribution < 1.29 is 8.78 Å². The molecule has 106 valence electrons. The highest BCUT2D eigenvalue weighted by atomic mass is 19.1. The van der Waals surface area contributed by atoms with Crippen LogP contribution in [0.1, 0.15) is 11.4 Å². The van der Waals surface area contributed by atoms with Crippen LogP contribution in [0.4, 0.5) is 14.5 Å². The van der Waals surface area contributed by atoms with Crippen LogP contribution in [-0.2, 0) is 19.5 Å². The largest absolute Gasteiger partial charge is 0.358 e. The van der Waals surface area contributed by atoms with Gasteiger partial charge >= 0.3 is 0 Å². The van der Waals surface area contributed by atoms with Crippen molar-refractivity contribution in [1.29, 1.82) is 0 Å². The predicted molar refractivity (Wildman–Crippen MR) is 72.4 cm³/mol. The van der Waals surface area contributed by atoms with Crippen LogP contribution in [0.3, 0.4) is 0 Å². The lowest BCUT2D eigenvalue weighted by atomic mass is 10.1. The number of anilines is 1. The predicted octanol–water partition coefficient (Wildman–Crippen LogP) is 1.68. The van der Waals surface area contributed by atoms with Gasteiger partial charge in [0.25, 0.3) is 0 Å². The van der Waals surface area contributed by atoms with E-state index in [9.17, 15) is 8.78 Å². The summed E-state index contributed by atoms with van der Waals surface area (Å²) in [5.74, 6) is -0.247. The van der Waals surface area contributed by atoms with Crippen molar-refractivity contribution in [3.63, 3.8) is 0 Å². The minimum atomic E-state index is -0.534. The van der Waals surface area contributed by atoms with E-state index in [-0.39, 0.29) is 5.69 Å². The summed E-state index contributed by atoms with van der Waals surface area (Å²) in [6.45, 7) is 2.03. The van der Waals surface area contributed by atoms with E-state index < -0.39 is 11.6 Å². The Hall–Kier alpha value is -1.95. The first-order valence-electron chi connectivity index (χ1n) is 6.62. The van der Waals surface area contributed by atoms with Crippen molar-refractivity contribution in [1.82, 2.24) is 9.55 Å². The van der Waals surface area contributed by atoms with Gasteiger partial charge in [0.15, 0.2) is 0 Å². The van der Waals surface area contributed by atoms with Gasteiger partial charge in [-0.05, 0) is 30.7 Å². The smallest absolute Gasteiger partial charge is 0.149 e. The summed E-state index contributed by atoms with van der Waals surface area (Å²) in [7, 11) is 0. The topological polar surface area (TPSA) is 47.1 Å². The summed E-state index contributed by atoms with van der Waals surface area (Å²) >= 11 is 0. The second kappa shape index (κ2) is 5.20. The minimum absolute atomic E-state index is 0.0278. The third kappa shape index (κ3) is 2.27. The zero-order valence-electron chi connectivity index (χ0n) is 11.0. The molecular formula is C14H16F2N4. The Morgan fingerprint density at radius 2 is 1.95 bits per heavy atom. The summed E-state index contributed by atoms with van der Waals surface area (Å²) in [5.41, 5.74) is 6.03. The van der Waals surface area contributed by atoms with Crippen molar-refractivity contribution in [2.24, 2.45) is 5.73 Å². The van der Waals surface area contributed by atoms with Crippen LogP contribution in [0.15, 0.2) is 24.5 Å². The first kappa shape index (κ1) is 13.1. The number of rotatable bonds is 3. The van der Waals surface area contributed by atoms with E-state index in [0.717, 1.165) is 5.82 Å². The molecule has 4 nitrogen and oxygen atoms in total.